The van der Waals surface area contributed by atoms with E-state index < -0.39 is 95.0 Å². The van der Waals surface area contributed by atoms with E-state index in [0.29, 0.717) is 5.57 Å². The Labute approximate surface area is 358 Å². The van der Waals surface area contributed by atoms with Gasteiger partial charge >= 0.3 is 89.1 Å². The number of carbonyl (C=O) groups excluding carboxylic acids is 9. The van der Waals surface area contributed by atoms with Crippen molar-refractivity contribution in [3.05, 3.63) is 41.1 Å². The topological polar surface area (TPSA) is 317 Å². The second-order valence-corrected chi connectivity index (χ2v) is 13.5. The largest absolute Gasteiger partial charge is 1.00 e. The molecule has 3 fully saturated rings. The van der Waals surface area contributed by atoms with Gasteiger partial charge in [-0.3, -0.25) is 34.8 Å². The van der Waals surface area contributed by atoms with Gasteiger partial charge in [-0.2, -0.15) is 5.01 Å². The molecule has 4 heterocycles. The fourth-order valence-corrected chi connectivity index (χ4v) is 7.75. The number of nitrogens with two attached hydrogens (primary N) is 1. The number of urea groups is 2. The van der Waals surface area contributed by atoms with Gasteiger partial charge in [-0.15, -0.1) is 23.5 Å². The Morgan fingerprint density at radius 3 is 2.37 bits per heavy atom. The molecule has 1 aromatic rings. The Morgan fingerprint density at radius 2 is 1.76 bits per heavy atom. The summed E-state index contributed by atoms with van der Waals surface area (Å²) in [6.45, 7) is -0.478. The van der Waals surface area contributed by atoms with E-state index in [-0.39, 0.29) is 95.0 Å². The maximum Gasteiger partial charge on any atom is 1.00 e. The van der Waals surface area contributed by atoms with E-state index in [1.54, 1.807) is 0 Å². The molecule has 1 aromatic carbocycles. The van der Waals surface area contributed by atoms with Crippen LogP contribution in [-0.4, -0.2) is 130 Å². The van der Waals surface area contributed by atoms with E-state index >= 15 is 0 Å². The van der Waals surface area contributed by atoms with E-state index in [4.69, 9.17) is 10.5 Å². The normalized spacial score (nSPS) is 21.7. The molecule has 26 heteroatoms. The third-order valence-electron chi connectivity index (χ3n) is 7.86. The summed E-state index contributed by atoms with van der Waals surface area (Å²) in [7, 11) is 1.50. The number of thioether (sulfide) groups is 2. The van der Waals surface area contributed by atoms with Crippen molar-refractivity contribution in [1.82, 2.24) is 41.5 Å². The number of carboxylic acids is 2. The summed E-state index contributed by atoms with van der Waals surface area (Å²) in [6, 6.07) is -0.541. The Balaban J connectivity index is 0.00000392. The standard InChI is InChI=1S/C28H32N10O12S2.2Na/c1-36-27(34-19(40)20(41)35-36)52-10-12-9-51-22-16(21(42)38(22)17(12)24(45)46)32-18(39)15(33-26(48)37-7-6-30-25(37)47)11-2-4-13(5-3-11)31-28(49)50-8-14(29)23(43)44;;/h2-5,14-16,22,27H,6-10,29H2,1H3,(H,30,47)(H,31,49)(H,32,39)(H,33,48)(H,34,40)(H,35,41)(H,43,44)(H,45,46);;/q;2*+1/p-2/t14-,15-,16-,22+,27?;;/m1../s1. The maximum absolute atomic E-state index is 13.7. The van der Waals surface area contributed by atoms with E-state index in [9.17, 15) is 53.4 Å². The van der Waals surface area contributed by atoms with Crippen LogP contribution >= 0.6 is 23.5 Å². The van der Waals surface area contributed by atoms with Gasteiger partial charge < -0.3 is 51.5 Å². The van der Waals surface area contributed by atoms with Crippen molar-refractivity contribution < 1.29 is 117 Å². The van der Waals surface area contributed by atoms with Gasteiger partial charge in [0.1, 0.15) is 29.6 Å². The Hall–Kier alpha value is -3.59. The number of nitrogens with zero attached hydrogens (tertiary/aromatic N) is 3. The molecule has 0 bridgehead atoms. The van der Waals surface area contributed by atoms with Gasteiger partial charge in [-0.05, 0) is 23.3 Å². The average molecular weight is 809 g/mol. The molecule has 22 nitrogen and oxygen atoms in total. The minimum Gasteiger partial charge on any atom is -0.548 e. The van der Waals surface area contributed by atoms with Crippen LogP contribution in [0.15, 0.2) is 35.5 Å². The molecule has 1 unspecified atom stereocenters. The molecule has 54 heavy (non-hydrogen) atoms. The molecule has 0 saturated carbocycles. The van der Waals surface area contributed by atoms with Crippen LogP contribution in [-0.2, 0) is 33.5 Å². The molecule has 4 aliphatic rings. The van der Waals surface area contributed by atoms with Gasteiger partial charge in [0.15, 0.2) is 0 Å². The Morgan fingerprint density at radius 1 is 1.07 bits per heavy atom. The monoisotopic (exact) mass is 808 g/mol. The van der Waals surface area contributed by atoms with Gasteiger partial charge in [0.25, 0.3) is 5.91 Å². The first-order valence-electron chi connectivity index (χ1n) is 15.2. The van der Waals surface area contributed by atoms with E-state index in [2.05, 4.69) is 32.0 Å². The number of ether oxygens (including phenoxy) is 1. The second kappa shape index (κ2) is 19.3. The van der Waals surface area contributed by atoms with Crippen LogP contribution in [0.4, 0.5) is 20.1 Å². The Bertz CT molecular complexity index is 1760. The molecule has 3 saturated heterocycles. The minimum atomic E-state index is -1.64. The van der Waals surface area contributed by atoms with Gasteiger partial charge in [-0.25, -0.2) is 19.3 Å². The van der Waals surface area contributed by atoms with Crippen molar-refractivity contribution in [2.45, 2.75) is 29.0 Å². The zero-order chi connectivity index (χ0) is 37.9. The van der Waals surface area contributed by atoms with E-state index in [1.165, 1.54) is 36.3 Å². The molecule has 278 valence electrons. The summed E-state index contributed by atoms with van der Waals surface area (Å²) >= 11 is 2.24. The molecular formula is C28H30N10Na2O12S2. The summed E-state index contributed by atoms with van der Waals surface area (Å²) < 4.78 is 4.73. The number of hydrogen-bond acceptors (Lipinski definition) is 16. The maximum atomic E-state index is 13.7. The molecule has 9 amide bonds. The number of benzene rings is 1. The quantitative estimate of drug-likeness (QED) is 0.0586. The van der Waals surface area contributed by atoms with E-state index in [0.717, 1.165) is 33.3 Å². The first-order valence-corrected chi connectivity index (χ1v) is 17.3. The molecule has 8 N–H and O–H groups in total. The SMILES string of the molecule is CN1NC(=O)C(=O)NC1SCC1=C(C(=O)[O-])N2C(=O)[C@@H](NC(=O)[C@H](NC(=O)N3CCNC3=O)c3ccc(NC(=O)OC[C@@H](N)C(=O)[O-])cc3)[C@@H]2SC1.[Na+].[Na+]. The molecule has 5 rings (SSSR count). The summed E-state index contributed by atoms with van der Waals surface area (Å²) in [6.07, 6.45) is -1.04. The molecule has 4 aliphatic heterocycles. The number of hydrogen-bond donors (Lipinski definition) is 7. The number of β-lactam (4-membered cyclic amide) rings is 1. The number of imide groups is 1. The number of amides is 9. The van der Waals surface area contributed by atoms with Crippen molar-refractivity contribution in [3.63, 3.8) is 0 Å². The molecular weight excluding hydrogens is 778 g/mol. The first-order chi connectivity index (χ1) is 24.7. The van der Waals surface area contributed by atoms with Crippen molar-refractivity contribution in [1.29, 1.82) is 0 Å². The zero-order valence-electron chi connectivity index (χ0n) is 28.9. The van der Waals surface area contributed by atoms with Gasteiger partial charge in [0, 0.05) is 37.3 Å². The van der Waals surface area contributed by atoms with Crippen LogP contribution < -0.4 is 107 Å². The molecule has 0 spiro atoms. The van der Waals surface area contributed by atoms with Crippen LogP contribution in [0, 0.1) is 0 Å². The predicted octanol–water partition coefficient (Wildman–Crippen LogP) is -11.4. The van der Waals surface area contributed by atoms with Crippen LogP contribution in [0.3, 0.4) is 0 Å². The summed E-state index contributed by atoms with van der Waals surface area (Å²) in [5, 5.41) is 35.7. The number of fused-ring (bicyclic) bond motifs is 1. The van der Waals surface area contributed by atoms with Crippen molar-refractivity contribution in [3.8, 4) is 0 Å². The summed E-state index contributed by atoms with van der Waals surface area (Å²) in [5.41, 5.74) is 7.06. The van der Waals surface area contributed by atoms with Gasteiger partial charge in [-0.1, -0.05) is 12.1 Å². The van der Waals surface area contributed by atoms with Crippen molar-refractivity contribution in [2.75, 3.05) is 43.6 Å². The predicted molar refractivity (Wildman–Crippen MR) is 173 cm³/mol. The average Bonchev–Trinajstić information content (AvgIpc) is 3.54. The number of anilines is 1. The summed E-state index contributed by atoms with van der Waals surface area (Å²) in [4.78, 5) is 112. The minimum absolute atomic E-state index is 0. The third-order valence-corrected chi connectivity index (χ3v) is 10.5. The number of hydrazine groups is 1. The number of nitrogens with one attached hydrogen (secondary N) is 6. The van der Waals surface area contributed by atoms with Gasteiger partial charge in [0.2, 0.25) is 5.91 Å². The fourth-order valence-electron chi connectivity index (χ4n) is 5.21. The molecule has 0 aromatic heterocycles. The summed E-state index contributed by atoms with van der Waals surface area (Å²) in [5.74, 6) is -6.52. The first kappa shape index (κ1) is 44.8. The van der Waals surface area contributed by atoms with Crippen LogP contribution in [0.5, 0.6) is 0 Å². The number of carbonyl (C=O) groups is 9. The third kappa shape index (κ3) is 10.2. The van der Waals surface area contributed by atoms with Crippen molar-refractivity contribution >= 4 is 82.9 Å². The molecule has 0 aliphatic carbocycles. The number of aliphatic carboxylic acids is 2. The second-order valence-electron chi connectivity index (χ2n) is 11.4. The van der Waals surface area contributed by atoms with Crippen LogP contribution in [0.1, 0.15) is 11.6 Å². The van der Waals surface area contributed by atoms with E-state index in [1.807, 2.05) is 0 Å². The molecule has 0 radical (unpaired) electrons. The zero-order valence-corrected chi connectivity index (χ0v) is 34.5. The van der Waals surface area contributed by atoms with Crippen LogP contribution in [0.25, 0.3) is 0 Å². The number of rotatable bonds is 12. The Kier molecular flexibility index (Phi) is 16.0. The van der Waals surface area contributed by atoms with Crippen LogP contribution in [0.2, 0.25) is 0 Å². The van der Waals surface area contributed by atoms with Gasteiger partial charge in [0.05, 0.1) is 23.7 Å². The molecule has 5 atom stereocenters. The number of carboxylic acid groups (broad SMARTS) is 2. The smallest absolute Gasteiger partial charge is 0.548 e. The van der Waals surface area contributed by atoms with Crippen molar-refractivity contribution in [2.24, 2.45) is 5.73 Å². The fraction of sp³-hybridized carbons (Fsp3) is 0.393.